The van der Waals surface area contributed by atoms with Gasteiger partial charge in [-0.25, -0.2) is 14.8 Å². The molecule has 0 amide bonds. The molecule has 0 N–H and O–H groups in total. The average molecular weight is 328 g/mol. The molecule has 0 aliphatic heterocycles. The Kier molecular flexibility index (Phi) is 3.33. The lowest BCUT2D eigenvalue weighted by Gasteiger charge is -2.05. The number of para-hydroxylation sites is 1. The summed E-state index contributed by atoms with van der Waals surface area (Å²) in [5.74, 6) is -0.404. The van der Waals surface area contributed by atoms with Gasteiger partial charge >= 0.3 is 5.97 Å². The number of benzene rings is 1. The first-order valence-corrected chi connectivity index (χ1v) is 5.89. The van der Waals surface area contributed by atoms with Crippen LogP contribution in [0, 0.1) is 3.83 Å². The standard InChI is InChI=1S/C11H9IN2O2/c1-2-16-10(15)9-7-5-3-4-6-8(7)13-11(12)14-9/h3-6H,2H2,1H3. The zero-order valence-electron chi connectivity index (χ0n) is 8.61. The Hall–Kier alpha value is -1.24. The molecular weight excluding hydrogens is 319 g/mol. The minimum absolute atomic E-state index is 0.330. The van der Waals surface area contributed by atoms with Crippen LogP contribution in [0.25, 0.3) is 10.9 Å². The summed E-state index contributed by atoms with van der Waals surface area (Å²) in [6, 6.07) is 7.39. The third-order valence-electron chi connectivity index (χ3n) is 2.04. The van der Waals surface area contributed by atoms with Crippen LogP contribution < -0.4 is 0 Å². The lowest BCUT2D eigenvalue weighted by atomic mass is 10.2. The largest absolute Gasteiger partial charge is 0.461 e. The topological polar surface area (TPSA) is 52.1 Å². The van der Waals surface area contributed by atoms with Gasteiger partial charge in [0.05, 0.1) is 12.1 Å². The summed E-state index contributed by atoms with van der Waals surface area (Å²) in [7, 11) is 0. The van der Waals surface area contributed by atoms with Gasteiger partial charge in [-0.05, 0) is 13.0 Å². The monoisotopic (exact) mass is 328 g/mol. The molecule has 2 aromatic rings. The molecule has 82 valence electrons. The number of hydrogen-bond donors (Lipinski definition) is 0. The molecule has 0 bridgehead atoms. The predicted molar refractivity (Wildman–Crippen MR) is 68.2 cm³/mol. The van der Waals surface area contributed by atoms with Gasteiger partial charge in [0.2, 0.25) is 0 Å². The van der Waals surface area contributed by atoms with Crippen LogP contribution in [0.15, 0.2) is 24.3 Å². The SMILES string of the molecule is CCOC(=O)c1nc(I)nc2ccccc12. The van der Waals surface area contributed by atoms with E-state index in [4.69, 9.17) is 4.74 Å². The highest BCUT2D eigenvalue weighted by molar-refractivity contribution is 14.1. The summed E-state index contributed by atoms with van der Waals surface area (Å²) in [6.07, 6.45) is 0. The fourth-order valence-corrected chi connectivity index (χ4v) is 1.90. The van der Waals surface area contributed by atoms with E-state index in [0.717, 1.165) is 10.9 Å². The maximum absolute atomic E-state index is 11.7. The van der Waals surface area contributed by atoms with Crippen LogP contribution in [0.3, 0.4) is 0 Å². The molecule has 0 aliphatic rings. The maximum atomic E-state index is 11.7. The van der Waals surface area contributed by atoms with Crippen molar-refractivity contribution in [2.24, 2.45) is 0 Å². The first kappa shape index (κ1) is 11.3. The van der Waals surface area contributed by atoms with Crippen molar-refractivity contribution >= 4 is 39.5 Å². The van der Waals surface area contributed by atoms with Crippen LogP contribution in [0.4, 0.5) is 0 Å². The van der Waals surface area contributed by atoms with E-state index in [-0.39, 0.29) is 0 Å². The molecule has 1 aromatic heterocycles. The number of fused-ring (bicyclic) bond motifs is 1. The van der Waals surface area contributed by atoms with Gasteiger partial charge in [0.1, 0.15) is 0 Å². The minimum atomic E-state index is -0.404. The summed E-state index contributed by atoms with van der Waals surface area (Å²) in [5, 5.41) is 0.723. The Labute approximate surface area is 106 Å². The van der Waals surface area contributed by atoms with Gasteiger partial charge in [0, 0.05) is 28.0 Å². The molecule has 0 aliphatic carbocycles. The number of halogens is 1. The number of carbonyl (C=O) groups excluding carboxylic acids is 1. The fourth-order valence-electron chi connectivity index (χ4n) is 1.40. The highest BCUT2D eigenvalue weighted by Crippen LogP contribution is 2.17. The smallest absolute Gasteiger partial charge is 0.357 e. The van der Waals surface area contributed by atoms with Crippen LogP contribution >= 0.6 is 22.6 Å². The Morgan fingerprint density at radius 1 is 1.38 bits per heavy atom. The first-order valence-electron chi connectivity index (χ1n) is 4.81. The second kappa shape index (κ2) is 4.73. The maximum Gasteiger partial charge on any atom is 0.357 e. The van der Waals surface area contributed by atoms with E-state index in [1.165, 1.54) is 0 Å². The predicted octanol–water partition coefficient (Wildman–Crippen LogP) is 2.41. The summed E-state index contributed by atoms with van der Waals surface area (Å²) >= 11 is 1.99. The number of ether oxygens (including phenoxy) is 1. The molecule has 0 unspecified atom stereocenters. The molecule has 1 heterocycles. The van der Waals surface area contributed by atoms with Crippen LogP contribution in [-0.2, 0) is 4.74 Å². The quantitative estimate of drug-likeness (QED) is 0.483. The van der Waals surface area contributed by atoms with Crippen molar-refractivity contribution in [1.82, 2.24) is 9.97 Å². The van der Waals surface area contributed by atoms with E-state index in [1.807, 2.05) is 46.9 Å². The number of rotatable bonds is 2. The van der Waals surface area contributed by atoms with Crippen molar-refractivity contribution in [3.8, 4) is 0 Å². The van der Waals surface area contributed by atoms with Crippen molar-refractivity contribution in [2.45, 2.75) is 6.92 Å². The average Bonchev–Trinajstić information content (AvgIpc) is 2.28. The van der Waals surface area contributed by atoms with Gasteiger partial charge in [-0.2, -0.15) is 0 Å². The number of carbonyl (C=O) groups is 1. The van der Waals surface area contributed by atoms with E-state index >= 15 is 0 Å². The minimum Gasteiger partial charge on any atom is -0.461 e. The van der Waals surface area contributed by atoms with Gasteiger partial charge < -0.3 is 4.74 Å². The Morgan fingerprint density at radius 3 is 2.88 bits per heavy atom. The van der Waals surface area contributed by atoms with E-state index in [2.05, 4.69) is 9.97 Å². The first-order chi connectivity index (χ1) is 7.72. The van der Waals surface area contributed by atoms with E-state index in [1.54, 1.807) is 6.92 Å². The van der Waals surface area contributed by atoms with Gasteiger partial charge in [-0.1, -0.05) is 18.2 Å². The van der Waals surface area contributed by atoms with Crippen LogP contribution in [0.2, 0.25) is 0 Å². The van der Waals surface area contributed by atoms with Crippen molar-refractivity contribution in [1.29, 1.82) is 0 Å². The molecule has 5 heteroatoms. The number of esters is 1. The van der Waals surface area contributed by atoms with Crippen molar-refractivity contribution in [2.75, 3.05) is 6.61 Å². The highest BCUT2D eigenvalue weighted by atomic mass is 127. The van der Waals surface area contributed by atoms with Gasteiger partial charge in [0.25, 0.3) is 0 Å². The third kappa shape index (κ3) is 2.13. The highest BCUT2D eigenvalue weighted by Gasteiger charge is 2.14. The van der Waals surface area contributed by atoms with Gasteiger partial charge in [-0.3, -0.25) is 0 Å². The van der Waals surface area contributed by atoms with Gasteiger partial charge in [0.15, 0.2) is 9.53 Å². The second-order valence-corrected chi connectivity index (χ2v) is 4.04. The summed E-state index contributed by atoms with van der Waals surface area (Å²) in [6.45, 7) is 2.11. The summed E-state index contributed by atoms with van der Waals surface area (Å²) < 4.78 is 5.50. The Balaban J connectivity index is 2.63. The van der Waals surface area contributed by atoms with Crippen molar-refractivity contribution in [3.63, 3.8) is 0 Å². The zero-order valence-corrected chi connectivity index (χ0v) is 10.8. The molecule has 0 spiro atoms. The van der Waals surface area contributed by atoms with Crippen LogP contribution in [-0.4, -0.2) is 22.5 Å². The Bertz CT molecular complexity index is 542. The summed E-state index contributed by atoms with van der Waals surface area (Å²) in [4.78, 5) is 20.1. The van der Waals surface area contributed by atoms with Crippen LogP contribution in [0.5, 0.6) is 0 Å². The Morgan fingerprint density at radius 2 is 2.12 bits per heavy atom. The zero-order chi connectivity index (χ0) is 11.5. The molecule has 0 saturated carbocycles. The molecule has 0 fully saturated rings. The lowest BCUT2D eigenvalue weighted by molar-refractivity contribution is 0.0521. The van der Waals surface area contributed by atoms with Crippen LogP contribution in [0.1, 0.15) is 17.4 Å². The van der Waals surface area contributed by atoms with Crippen molar-refractivity contribution < 1.29 is 9.53 Å². The fraction of sp³-hybridized carbons (Fsp3) is 0.182. The summed E-state index contributed by atoms with van der Waals surface area (Å²) in [5.41, 5.74) is 1.09. The number of hydrogen-bond acceptors (Lipinski definition) is 4. The van der Waals surface area contributed by atoms with E-state index in [0.29, 0.717) is 16.1 Å². The molecule has 1 aromatic carbocycles. The molecule has 0 radical (unpaired) electrons. The van der Waals surface area contributed by atoms with E-state index < -0.39 is 5.97 Å². The lowest BCUT2D eigenvalue weighted by Crippen LogP contribution is -2.09. The molecule has 0 saturated heterocycles. The molecular formula is C11H9IN2O2. The normalized spacial score (nSPS) is 10.4. The number of nitrogens with zero attached hydrogens (tertiary/aromatic N) is 2. The molecule has 4 nitrogen and oxygen atoms in total. The van der Waals surface area contributed by atoms with E-state index in [9.17, 15) is 4.79 Å². The molecule has 2 rings (SSSR count). The third-order valence-corrected chi connectivity index (χ3v) is 2.53. The van der Waals surface area contributed by atoms with Crippen molar-refractivity contribution in [3.05, 3.63) is 33.8 Å². The number of aromatic nitrogens is 2. The molecule has 16 heavy (non-hydrogen) atoms. The molecule has 0 atom stereocenters. The second-order valence-electron chi connectivity index (χ2n) is 3.08. The van der Waals surface area contributed by atoms with Gasteiger partial charge in [-0.15, -0.1) is 0 Å².